The van der Waals surface area contributed by atoms with Crippen LogP contribution in [0.3, 0.4) is 0 Å². The molecule has 5 nitrogen and oxygen atoms in total. The molecule has 0 radical (unpaired) electrons. The minimum absolute atomic E-state index is 0.445. The van der Waals surface area contributed by atoms with Crippen LogP contribution in [0.15, 0.2) is 39.4 Å². The Hall–Kier alpha value is -2.43. The highest BCUT2D eigenvalue weighted by atomic mass is 16.5. The summed E-state index contributed by atoms with van der Waals surface area (Å²) < 4.78 is 15.8. The van der Waals surface area contributed by atoms with Gasteiger partial charge in [0.25, 0.3) is 0 Å². The van der Waals surface area contributed by atoms with Gasteiger partial charge in [0, 0.05) is 5.39 Å². The van der Waals surface area contributed by atoms with E-state index in [0.29, 0.717) is 17.2 Å². The molecule has 0 unspecified atom stereocenters. The van der Waals surface area contributed by atoms with E-state index in [0.717, 1.165) is 16.7 Å². The summed E-state index contributed by atoms with van der Waals surface area (Å²) in [6, 6.07) is 7.40. The molecule has 3 rings (SSSR count). The number of ether oxygens (including phenoxy) is 1. The van der Waals surface area contributed by atoms with Crippen LogP contribution in [0, 0.1) is 0 Å². The van der Waals surface area contributed by atoms with Crippen LogP contribution in [0.5, 0.6) is 5.75 Å². The molecule has 3 aromatic rings. The van der Waals surface area contributed by atoms with Crippen molar-refractivity contribution in [3.05, 3.63) is 30.5 Å². The maximum absolute atomic E-state index is 5.71. The standard InChI is InChI=1S/C12H10N2O3/c1-15-8-2-3-10-7(4-8)5-11(16-10)12-9(13)6-14-17-12/h2-6H,13H2,1H3. The zero-order valence-corrected chi connectivity index (χ0v) is 9.14. The van der Waals surface area contributed by atoms with Gasteiger partial charge in [0.1, 0.15) is 17.0 Å². The summed E-state index contributed by atoms with van der Waals surface area (Å²) in [4.78, 5) is 0. The van der Waals surface area contributed by atoms with Gasteiger partial charge in [0.15, 0.2) is 5.76 Å². The lowest BCUT2D eigenvalue weighted by molar-refractivity contribution is 0.415. The number of nitrogen functional groups attached to an aromatic ring is 1. The first-order valence-corrected chi connectivity index (χ1v) is 5.06. The summed E-state index contributed by atoms with van der Waals surface area (Å²) in [6.45, 7) is 0. The summed E-state index contributed by atoms with van der Waals surface area (Å²) in [7, 11) is 1.62. The predicted molar refractivity (Wildman–Crippen MR) is 62.7 cm³/mol. The van der Waals surface area contributed by atoms with Gasteiger partial charge in [-0.15, -0.1) is 0 Å². The Kier molecular flexibility index (Phi) is 2.04. The molecule has 0 bridgehead atoms. The van der Waals surface area contributed by atoms with E-state index in [1.165, 1.54) is 6.20 Å². The van der Waals surface area contributed by atoms with Crippen LogP contribution in [0.25, 0.3) is 22.5 Å². The molecule has 0 fully saturated rings. The van der Waals surface area contributed by atoms with Gasteiger partial charge in [-0.2, -0.15) is 0 Å². The SMILES string of the molecule is COc1ccc2oc(-c3oncc3N)cc2c1. The second kappa shape index (κ2) is 3.55. The Balaban J connectivity index is 2.17. The normalized spacial score (nSPS) is 10.9. The summed E-state index contributed by atoms with van der Waals surface area (Å²) in [6.07, 6.45) is 1.45. The molecule has 2 heterocycles. The molecular formula is C12H10N2O3. The highest BCUT2D eigenvalue weighted by Gasteiger charge is 2.13. The average molecular weight is 230 g/mol. The molecule has 0 saturated carbocycles. The largest absolute Gasteiger partial charge is 0.497 e. The average Bonchev–Trinajstić information content (AvgIpc) is 2.93. The van der Waals surface area contributed by atoms with Crippen molar-refractivity contribution < 1.29 is 13.7 Å². The smallest absolute Gasteiger partial charge is 0.224 e. The van der Waals surface area contributed by atoms with Crippen molar-refractivity contribution in [1.82, 2.24) is 5.16 Å². The Morgan fingerprint density at radius 1 is 1.29 bits per heavy atom. The van der Waals surface area contributed by atoms with Crippen molar-refractivity contribution in [3.63, 3.8) is 0 Å². The Bertz CT molecular complexity index is 669. The Morgan fingerprint density at radius 2 is 2.18 bits per heavy atom. The lowest BCUT2D eigenvalue weighted by Crippen LogP contribution is -1.82. The molecule has 0 atom stereocenters. The van der Waals surface area contributed by atoms with Gasteiger partial charge in [0.05, 0.1) is 13.3 Å². The summed E-state index contributed by atoms with van der Waals surface area (Å²) in [5.74, 6) is 1.78. The van der Waals surface area contributed by atoms with Crippen molar-refractivity contribution in [2.75, 3.05) is 12.8 Å². The second-order valence-corrected chi connectivity index (χ2v) is 3.62. The number of benzene rings is 1. The molecule has 0 aliphatic heterocycles. The molecule has 0 saturated heterocycles. The Labute approximate surface area is 96.7 Å². The van der Waals surface area contributed by atoms with Crippen LogP contribution in [-0.2, 0) is 0 Å². The number of nitrogens with two attached hydrogens (primary N) is 1. The number of methoxy groups -OCH3 is 1. The molecule has 0 spiro atoms. The fourth-order valence-corrected chi connectivity index (χ4v) is 1.69. The van der Waals surface area contributed by atoms with Crippen molar-refractivity contribution in [2.45, 2.75) is 0 Å². The van der Waals surface area contributed by atoms with Gasteiger partial charge in [-0.1, -0.05) is 5.16 Å². The predicted octanol–water partition coefficient (Wildman–Crippen LogP) is 2.68. The molecule has 17 heavy (non-hydrogen) atoms. The summed E-state index contributed by atoms with van der Waals surface area (Å²) >= 11 is 0. The van der Waals surface area contributed by atoms with Gasteiger partial charge in [-0.05, 0) is 24.3 Å². The summed E-state index contributed by atoms with van der Waals surface area (Å²) in [5.41, 5.74) is 6.91. The van der Waals surface area contributed by atoms with E-state index in [1.807, 2.05) is 24.3 Å². The number of aromatic nitrogens is 1. The second-order valence-electron chi connectivity index (χ2n) is 3.62. The van der Waals surface area contributed by atoms with Gasteiger partial charge in [-0.3, -0.25) is 0 Å². The van der Waals surface area contributed by atoms with Gasteiger partial charge < -0.3 is 19.4 Å². The fraction of sp³-hybridized carbons (Fsp3) is 0.0833. The van der Waals surface area contributed by atoms with Crippen molar-refractivity contribution in [1.29, 1.82) is 0 Å². The molecule has 0 aliphatic rings. The number of furan rings is 1. The maximum Gasteiger partial charge on any atom is 0.224 e. The molecule has 0 amide bonds. The molecule has 2 aromatic heterocycles. The number of hydrogen-bond acceptors (Lipinski definition) is 5. The van der Waals surface area contributed by atoms with Gasteiger partial charge in [0.2, 0.25) is 5.76 Å². The van der Waals surface area contributed by atoms with E-state index in [2.05, 4.69) is 5.16 Å². The third-order valence-electron chi connectivity index (χ3n) is 2.55. The van der Waals surface area contributed by atoms with E-state index in [4.69, 9.17) is 19.4 Å². The number of fused-ring (bicyclic) bond motifs is 1. The first kappa shape index (κ1) is 9.77. The van der Waals surface area contributed by atoms with Crippen LogP contribution in [0.1, 0.15) is 0 Å². The quantitative estimate of drug-likeness (QED) is 0.732. The first-order chi connectivity index (χ1) is 8.28. The van der Waals surface area contributed by atoms with Crippen molar-refractivity contribution in [2.24, 2.45) is 0 Å². The van der Waals surface area contributed by atoms with Gasteiger partial charge in [-0.25, -0.2) is 0 Å². The number of rotatable bonds is 2. The van der Waals surface area contributed by atoms with Crippen LogP contribution in [0.4, 0.5) is 5.69 Å². The molecule has 5 heteroatoms. The minimum atomic E-state index is 0.445. The molecule has 86 valence electrons. The maximum atomic E-state index is 5.71. The van der Waals surface area contributed by atoms with Crippen LogP contribution in [0.2, 0.25) is 0 Å². The lowest BCUT2D eigenvalue weighted by atomic mass is 10.2. The van der Waals surface area contributed by atoms with E-state index >= 15 is 0 Å². The van der Waals surface area contributed by atoms with E-state index in [1.54, 1.807) is 7.11 Å². The summed E-state index contributed by atoms with van der Waals surface area (Å²) in [5, 5.41) is 4.54. The molecule has 2 N–H and O–H groups in total. The number of anilines is 1. The van der Waals surface area contributed by atoms with Crippen LogP contribution in [-0.4, -0.2) is 12.3 Å². The monoisotopic (exact) mass is 230 g/mol. The van der Waals surface area contributed by atoms with E-state index in [-0.39, 0.29) is 0 Å². The zero-order chi connectivity index (χ0) is 11.8. The van der Waals surface area contributed by atoms with Crippen molar-refractivity contribution in [3.8, 4) is 17.3 Å². The van der Waals surface area contributed by atoms with Crippen molar-refractivity contribution >= 4 is 16.7 Å². The van der Waals surface area contributed by atoms with Gasteiger partial charge >= 0.3 is 0 Å². The fourth-order valence-electron chi connectivity index (χ4n) is 1.69. The number of nitrogens with zero attached hydrogens (tertiary/aromatic N) is 1. The topological polar surface area (TPSA) is 74.4 Å². The Morgan fingerprint density at radius 3 is 2.88 bits per heavy atom. The lowest BCUT2D eigenvalue weighted by Gasteiger charge is -1.96. The third-order valence-corrected chi connectivity index (χ3v) is 2.55. The first-order valence-electron chi connectivity index (χ1n) is 5.06. The highest BCUT2D eigenvalue weighted by molar-refractivity contribution is 5.84. The third kappa shape index (κ3) is 1.52. The highest BCUT2D eigenvalue weighted by Crippen LogP contribution is 2.32. The molecular weight excluding hydrogens is 220 g/mol. The number of hydrogen-bond donors (Lipinski definition) is 1. The molecule has 1 aromatic carbocycles. The zero-order valence-electron chi connectivity index (χ0n) is 9.14. The minimum Gasteiger partial charge on any atom is -0.497 e. The van der Waals surface area contributed by atoms with Crippen LogP contribution >= 0.6 is 0 Å². The van der Waals surface area contributed by atoms with E-state index < -0.39 is 0 Å². The van der Waals surface area contributed by atoms with Crippen LogP contribution < -0.4 is 10.5 Å². The van der Waals surface area contributed by atoms with E-state index in [9.17, 15) is 0 Å². The molecule has 0 aliphatic carbocycles.